The lowest BCUT2D eigenvalue weighted by molar-refractivity contribution is -0.0518. The van der Waals surface area contributed by atoms with Gasteiger partial charge in [-0.3, -0.25) is 4.90 Å². The Labute approximate surface area is 243 Å². The molecule has 0 radical (unpaired) electrons. The van der Waals surface area contributed by atoms with Crippen LogP contribution >= 0.6 is 0 Å². The predicted octanol–water partition coefficient (Wildman–Crippen LogP) is 6.54. The van der Waals surface area contributed by atoms with Gasteiger partial charge in [0.05, 0.1) is 12.6 Å². The second-order valence-electron chi connectivity index (χ2n) is 11.9. The molecule has 1 N–H and O–H groups in total. The highest BCUT2D eigenvalue weighted by molar-refractivity contribution is 5.71. The summed E-state index contributed by atoms with van der Waals surface area (Å²) in [7, 11) is 0. The smallest absolute Gasteiger partial charge is 0.444 e. The third-order valence-electron chi connectivity index (χ3n) is 6.03. The van der Waals surface area contributed by atoms with Crippen LogP contribution in [0, 0.1) is 5.82 Å². The maximum atomic E-state index is 13.6. The molecule has 1 aliphatic rings. The van der Waals surface area contributed by atoms with E-state index in [0.717, 1.165) is 0 Å². The molecular weight excluding hydrogens is 557 g/mol. The van der Waals surface area contributed by atoms with Crippen molar-refractivity contribution in [1.82, 2.24) is 10.2 Å². The topological polar surface area (TPSA) is 103 Å². The predicted molar refractivity (Wildman–Crippen MR) is 146 cm³/mol. The Bertz CT molecular complexity index is 1240. The number of amides is 2. The van der Waals surface area contributed by atoms with Gasteiger partial charge in [-0.1, -0.05) is 36.4 Å². The molecule has 0 spiro atoms. The summed E-state index contributed by atoms with van der Waals surface area (Å²) in [6, 6.07) is 10.2. The Kier molecular flexibility index (Phi) is 10.3. The first-order valence-electron chi connectivity index (χ1n) is 13.5. The molecule has 0 unspecified atom stereocenters. The van der Waals surface area contributed by atoms with E-state index in [2.05, 4.69) is 5.32 Å². The SMILES string of the molecule is CC(C)(C)OC(=O)O[C@H]1CN(C(=O)OC(C)(C)C)[C@H](Cc2ccc(C(F)F)cc2)[C@@H]1OC(=O)NCc1cccc(F)c1. The molecule has 230 valence electrons. The maximum absolute atomic E-state index is 13.6. The number of benzene rings is 2. The molecule has 0 aromatic heterocycles. The number of hydrogen-bond donors (Lipinski definition) is 1. The minimum Gasteiger partial charge on any atom is -0.444 e. The standard InChI is InChI=1S/C30H37F3N2O7/c1-29(2,3)41-27(37)35-17-23(39-28(38)42-30(4,5)6)24(22(35)15-18-10-12-20(13-11-18)25(32)33)40-26(36)34-16-19-8-7-9-21(31)14-19/h7-14,22-25H,15-17H2,1-6H3,(H,34,36)/t22-,23+,24+/m1/s1. The van der Waals surface area contributed by atoms with E-state index >= 15 is 0 Å². The zero-order valence-electron chi connectivity index (χ0n) is 24.5. The number of carbonyl (C=O) groups is 3. The minimum atomic E-state index is -2.66. The highest BCUT2D eigenvalue weighted by atomic mass is 19.3. The van der Waals surface area contributed by atoms with E-state index in [0.29, 0.717) is 11.1 Å². The van der Waals surface area contributed by atoms with Crippen LogP contribution in [-0.4, -0.2) is 59.2 Å². The monoisotopic (exact) mass is 594 g/mol. The number of hydrogen-bond acceptors (Lipinski definition) is 7. The van der Waals surface area contributed by atoms with Crippen molar-refractivity contribution in [2.24, 2.45) is 0 Å². The Balaban J connectivity index is 1.91. The molecule has 0 saturated carbocycles. The zero-order valence-corrected chi connectivity index (χ0v) is 24.5. The van der Waals surface area contributed by atoms with Gasteiger partial charge in [0.1, 0.15) is 17.0 Å². The number of alkyl halides is 2. The Morgan fingerprint density at radius 1 is 0.929 bits per heavy atom. The van der Waals surface area contributed by atoms with Gasteiger partial charge in [0.15, 0.2) is 12.2 Å². The molecule has 0 aliphatic carbocycles. The van der Waals surface area contributed by atoms with Crippen LogP contribution in [-0.2, 0) is 31.9 Å². The quantitative estimate of drug-likeness (QED) is 0.287. The third kappa shape index (κ3) is 9.85. The van der Waals surface area contributed by atoms with Crippen LogP contribution in [0.25, 0.3) is 0 Å². The fourth-order valence-electron chi connectivity index (χ4n) is 4.30. The van der Waals surface area contributed by atoms with Crippen molar-refractivity contribution < 1.29 is 46.5 Å². The van der Waals surface area contributed by atoms with E-state index in [1.54, 1.807) is 47.6 Å². The Morgan fingerprint density at radius 3 is 2.14 bits per heavy atom. The lowest BCUT2D eigenvalue weighted by atomic mass is 10.00. The number of likely N-dealkylation sites (tertiary alicyclic amines) is 1. The van der Waals surface area contributed by atoms with E-state index in [1.807, 2.05) is 0 Å². The summed E-state index contributed by atoms with van der Waals surface area (Å²) in [4.78, 5) is 40.1. The molecular formula is C30H37F3N2O7. The number of nitrogens with zero attached hydrogens (tertiary/aromatic N) is 1. The largest absolute Gasteiger partial charge is 0.509 e. The number of nitrogens with one attached hydrogen (secondary N) is 1. The van der Waals surface area contributed by atoms with Gasteiger partial charge in [-0.25, -0.2) is 27.6 Å². The van der Waals surface area contributed by atoms with Crippen LogP contribution in [0.15, 0.2) is 48.5 Å². The summed E-state index contributed by atoms with van der Waals surface area (Å²) in [5.74, 6) is -0.477. The lowest BCUT2D eigenvalue weighted by Gasteiger charge is -2.30. The fourth-order valence-corrected chi connectivity index (χ4v) is 4.30. The van der Waals surface area contributed by atoms with E-state index in [4.69, 9.17) is 18.9 Å². The number of halogens is 3. The fraction of sp³-hybridized carbons (Fsp3) is 0.500. The van der Waals surface area contributed by atoms with Crippen molar-refractivity contribution in [2.45, 2.75) is 90.4 Å². The summed E-state index contributed by atoms with van der Waals surface area (Å²) in [6.45, 7) is 9.73. The van der Waals surface area contributed by atoms with Crippen molar-refractivity contribution in [3.8, 4) is 0 Å². The summed E-state index contributed by atoms with van der Waals surface area (Å²) >= 11 is 0. The number of rotatable bonds is 7. The summed E-state index contributed by atoms with van der Waals surface area (Å²) in [5.41, 5.74) is -0.894. The normalized spacial score (nSPS) is 18.9. The number of alkyl carbamates (subject to hydrolysis) is 1. The first-order valence-corrected chi connectivity index (χ1v) is 13.5. The molecule has 12 heteroatoms. The lowest BCUT2D eigenvalue weighted by Crippen LogP contribution is -2.46. The van der Waals surface area contributed by atoms with Crippen LogP contribution in [0.1, 0.15) is 64.7 Å². The molecule has 0 bridgehead atoms. The van der Waals surface area contributed by atoms with E-state index in [-0.39, 0.29) is 25.1 Å². The number of carbonyl (C=O) groups excluding carboxylic acids is 3. The second-order valence-corrected chi connectivity index (χ2v) is 11.9. The summed E-state index contributed by atoms with van der Waals surface area (Å²) in [6.07, 6.45) is -7.66. The molecule has 1 aliphatic heterocycles. The van der Waals surface area contributed by atoms with Gasteiger partial charge < -0.3 is 24.3 Å². The van der Waals surface area contributed by atoms with Crippen molar-refractivity contribution in [3.63, 3.8) is 0 Å². The summed E-state index contributed by atoms with van der Waals surface area (Å²) in [5, 5.41) is 2.53. The molecule has 3 atom stereocenters. The molecule has 1 saturated heterocycles. The third-order valence-corrected chi connectivity index (χ3v) is 6.03. The van der Waals surface area contributed by atoms with Crippen LogP contribution < -0.4 is 5.32 Å². The van der Waals surface area contributed by atoms with Crippen molar-refractivity contribution in [1.29, 1.82) is 0 Å². The molecule has 1 heterocycles. The molecule has 2 amide bonds. The molecule has 3 rings (SSSR count). The first-order chi connectivity index (χ1) is 19.5. The molecule has 2 aromatic carbocycles. The Hall–Kier alpha value is -3.96. The van der Waals surface area contributed by atoms with Crippen LogP contribution in [0.2, 0.25) is 0 Å². The summed E-state index contributed by atoms with van der Waals surface area (Å²) < 4.78 is 61.9. The zero-order chi connectivity index (χ0) is 31.2. The van der Waals surface area contributed by atoms with Crippen LogP contribution in [0.5, 0.6) is 0 Å². The van der Waals surface area contributed by atoms with Gasteiger partial charge in [0, 0.05) is 12.1 Å². The van der Waals surface area contributed by atoms with Gasteiger partial charge in [-0.05, 0) is 71.2 Å². The van der Waals surface area contributed by atoms with Gasteiger partial charge in [-0.2, -0.15) is 0 Å². The van der Waals surface area contributed by atoms with Gasteiger partial charge in [0.25, 0.3) is 6.43 Å². The maximum Gasteiger partial charge on any atom is 0.509 e. The van der Waals surface area contributed by atoms with Crippen molar-refractivity contribution in [3.05, 3.63) is 71.0 Å². The van der Waals surface area contributed by atoms with Crippen molar-refractivity contribution >= 4 is 18.3 Å². The first kappa shape index (κ1) is 32.6. The van der Waals surface area contributed by atoms with E-state index in [9.17, 15) is 27.6 Å². The van der Waals surface area contributed by atoms with Gasteiger partial charge in [0.2, 0.25) is 0 Å². The number of ether oxygens (including phenoxy) is 4. The average Bonchev–Trinajstić information content (AvgIpc) is 3.17. The minimum absolute atomic E-state index is 0.0543. The molecule has 42 heavy (non-hydrogen) atoms. The highest BCUT2D eigenvalue weighted by Gasteiger charge is 2.50. The second kappa shape index (κ2) is 13.3. The van der Waals surface area contributed by atoms with E-state index in [1.165, 1.54) is 47.4 Å². The van der Waals surface area contributed by atoms with E-state index < -0.39 is 60.0 Å². The average molecular weight is 595 g/mol. The van der Waals surface area contributed by atoms with Crippen LogP contribution in [0.4, 0.5) is 27.6 Å². The van der Waals surface area contributed by atoms with Crippen LogP contribution in [0.3, 0.4) is 0 Å². The molecule has 2 aromatic rings. The highest BCUT2D eigenvalue weighted by Crippen LogP contribution is 2.30. The van der Waals surface area contributed by atoms with Gasteiger partial charge in [-0.15, -0.1) is 0 Å². The Morgan fingerprint density at radius 2 is 1.57 bits per heavy atom. The molecule has 9 nitrogen and oxygen atoms in total. The van der Waals surface area contributed by atoms with Crippen molar-refractivity contribution in [2.75, 3.05) is 6.54 Å². The molecule has 1 fully saturated rings. The van der Waals surface area contributed by atoms with Gasteiger partial charge >= 0.3 is 18.3 Å².